The summed E-state index contributed by atoms with van der Waals surface area (Å²) >= 11 is 0. The summed E-state index contributed by atoms with van der Waals surface area (Å²) in [5, 5.41) is 3.14. The van der Waals surface area contributed by atoms with Crippen LogP contribution < -0.4 is 11.1 Å². The molecule has 92 valence electrons. The fourth-order valence-corrected chi connectivity index (χ4v) is 1.85. The summed E-state index contributed by atoms with van der Waals surface area (Å²) in [5.74, 6) is 0.0844. The average Bonchev–Trinajstić information content (AvgIpc) is 2.23. The van der Waals surface area contributed by atoms with Gasteiger partial charge in [-0.2, -0.15) is 0 Å². The molecule has 1 aliphatic heterocycles. The van der Waals surface area contributed by atoms with E-state index in [1.54, 1.807) is 4.90 Å². The molecule has 0 spiro atoms. The van der Waals surface area contributed by atoms with Crippen molar-refractivity contribution >= 4 is 12.0 Å². The zero-order chi connectivity index (χ0) is 12.0. The van der Waals surface area contributed by atoms with Gasteiger partial charge >= 0.3 is 6.09 Å². The normalized spacial score (nSPS) is 20.9. The molecular weight excluding hydrogens is 210 g/mol. The zero-order valence-electron chi connectivity index (χ0n) is 9.57. The van der Waals surface area contributed by atoms with Crippen LogP contribution in [0, 0.1) is 0 Å². The first-order valence-corrected chi connectivity index (χ1v) is 5.59. The average molecular weight is 229 g/mol. The fourth-order valence-electron chi connectivity index (χ4n) is 1.85. The molecule has 1 saturated heterocycles. The van der Waals surface area contributed by atoms with Crippen LogP contribution in [-0.4, -0.2) is 49.2 Å². The van der Waals surface area contributed by atoms with Crippen molar-refractivity contribution in [3.05, 3.63) is 0 Å². The van der Waals surface area contributed by atoms with E-state index in [-0.39, 0.29) is 18.6 Å². The molecule has 16 heavy (non-hydrogen) atoms. The lowest BCUT2D eigenvalue weighted by molar-refractivity contribution is -0.136. The minimum atomic E-state index is -0.798. The number of nitrogens with one attached hydrogen (secondary N) is 1. The molecule has 0 radical (unpaired) electrons. The zero-order valence-corrected chi connectivity index (χ0v) is 9.57. The number of amides is 2. The first-order chi connectivity index (χ1) is 7.65. The van der Waals surface area contributed by atoms with Gasteiger partial charge in [0.1, 0.15) is 6.61 Å². The third-order valence-corrected chi connectivity index (χ3v) is 2.59. The van der Waals surface area contributed by atoms with Crippen LogP contribution >= 0.6 is 0 Å². The van der Waals surface area contributed by atoms with E-state index in [0.717, 1.165) is 25.9 Å². The number of nitrogens with two attached hydrogens (primary N) is 1. The minimum absolute atomic E-state index is 0.0844. The third-order valence-electron chi connectivity index (χ3n) is 2.59. The maximum Gasteiger partial charge on any atom is 0.404 e. The predicted molar refractivity (Wildman–Crippen MR) is 58.8 cm³/mol. The lowest BCUT2D eigenvalue weighted by Gasteiger charge is -2.32. The maximum atomic E-state index is 11.9. The molecule has 6 heteroatoms. The summed E-state index contributed by atoms with van der Waals surface area (Å²) < 4.78 is 4.61. The van der Waals surface area contributed by atoms with Gasteiger partial charge in [0.25, 0.3) is 0 Å². The van der Waals surface area contributed by atoms with Crippen LogP contribution in [0.25, 0.3) is 0 Å². The summed E-state index contributed by atoms with van der Waals surface area (Å²) in [4.78, 5) is 24.0. The molecule has 1 aliphatic rings. The van der Waals surface area contributed by atoms with Gasteiger partial charge in [0, 0.05) is 6.54 Å². The molecule has 0 aliphatic carbocycles. The summed E-state index contributed by atoms with van der Waals surface area (Å²) in [6.07, 6.45) is 1.05. The third kappa shape index (κ3) is 3.69. The molecule has 3 N–H and O–H groups in total. The molecule has 0 aromatic carbocycles. The van der Waals surface area contributed by atoms with E-state index in [2.05, 4.69) is 10.1 Å². The number of carbonyl (C=O) groups excluding carboxylic acids is 2. The quantitative estimate of drug-likeness (QED) is 0.676. The van der Waals surface area contributed by atoms with Crippen LogP contribution in [0.2, 0.25) is 0 Å². The van der Waals surface area contributed by atoms with E-state index in [9.17, 15) is 9.59 Å². The van der Waals surface area contributed by atoms with E-state index >= 15 is 0 Å². The van der Waals surface area contributed by atoms with Gasteiger partial charge in [0.15, 0.2) is 0 Å². The standard InChI is InChI=1S/C10H19N3O3/c1-2-12-8-4-3-5-13(9(8)14)6-7-16-10(11)15/h8,12H,2-7H2,1H3,(H2,11,15). The summed E-state index contributed by atoms with van der Waals surface area (Å²) in [6, 6.07) is -0.0904. The van der Waals surface area contributed by atoms with Crippen molar-refractivity contribution in [2.45, 2.75) is 25.8 Å². The number of hydrogen-bond acceptors (Lipinski definition) is 4. The number of piperidine rings is 1. The van der Waals surface area contributed by atoms with E-state index < -0.39 is 6.09 Å². The van der Waals surface area contributed by atoms with Gasteiger partial charge in [-0.15, -0.1) is 0 Å². The Hall–Kier alpha value is -1.30. The number of carbonyl (C=O) groups is 2. The number of nitrogens with zero attached hydrogens (tertiary/aromatic N) is 1. The Morgan fingerprint density at radius 1 is 1.69 bits per heavy atom. The topological polar surface area (TPSA) is 84.7 Å². The number of primary amides is 1. The summed E-state index contributed by atoms with van der Waals surface area (Å²) in [7, 11) is 0. The monoisotopic (exact) mass is 229 g/mol. The highest BCUT2D eigenvalue weighted by atomic mass is 16.5. The Kier molecular flexibility index (Phi) is 5.04. The van der Waals surface area contributed by atoms with Crippen LogP contribution in [0.5, 0.6) is 0 Å². The molecule has 0 aromatic rings. The first kappa shape index (κ1) is 12.8. The summed E-state index contributed by atoms with van der Waals surface area (Å²) in [6.45, 7) is 4.07. The smallest absolute Gasteiger partial charge is 0.404 e. The first-order valence-electron chi connectivity index (χ1n) is 5.59. The highest BCUT2D eigenvalue weighted by molar-refractivity contribution is 5.82. The van der Waals surface area contributed by atoms with Crippen molar-refractivity contribution < 1.29 is 14.3 Å². The van der Waals surface area contributed by atoms with Gasteiger partial charge in [-0.25, -0.2) is 4.79 Å². The second kappa shape index (κ2) is 6.32. The van der Waals surface area contributed by atoms with Gasteiger partial charge in [0.2, 0.25) is 5.91 Å². The van der Waals surface area contributed by atoms with Gasteiger partial charge < -0.3 is 20.7 Å². The molecule has 1 fully saturated rings. The molecule has 6 nitrogen and oxygen atoms in total. The number of rotatable bonds is 5. The van der Waals surface area contributed by atoms with Gasteiger partial charge in [-0.1, -0.05) is 6.92 Å². The van der Waals surface area contributed by atoms with Crippen LogP contribution in [0.3, 0.4) is 0 Å². The van der Waals surface area contributed by atoms with Crippen molar-refractivity contribution in [2.24, 2.45) is 5.73 Å². The van der Waals surface area contributed by atoms with E-state index in [0.29, 0.717) is 6.54 Å². The summed E-state index contributed by atoms with van der Waals surface area (Å²) in [5.41, 5.74) is 4.84. The Balaban J connectivity index is 2.35. The van der Waals surface area contributed by atoms with Crippen molar-refractivity contribution in [1.82, 2.24) is 10.2 Å². The van der Waals surface area contributed by atoms with Crippen molar-refractivity contribution in [3.63, 3.8) is 0 Å². The van der Waals surface area contributed by atoms with Crippen LogP contribution in [0.4, 0.5) is 4.79 Å². The van der Waals surface area contributed by atoms with Gasteiger partial charge in [-0.3, -0.25) is 4.79 Å². The van der Waals surface area contributed by atoms with Crippen molar-refractivity contribution in [1.29, 1.82) is 0 Å². The number of hydrogen-bond donors (Lipinski definition) is 2. The minimum Gasteiger partial charge on any atom is -0.448 e. The Morgan fingerprint density at radius 2 is 2.44 bits per heavy atom. The van der Waals surface area contributed by atoms with Gasteiger partial charge in [0.05, 0.1) is 12.6 Å². The van der Waals surface area contributed by atoms with Crippen molar-refractivity contribution in [3.8, 4) is 0 Å². The Bertz CT molecular complexity index is 256. The molecule has 1 atom stereocenters. The SMILES string of the molecule is CCNC1CCCN(CCOC(N)=O)C1=O. The highest BCUT2D eigenvalue weighted by Crippen LogP contribution is 2.11. The van der Waals surface area contributed by atoms with Crippen LogP contribution in [0.15, 0.2) is 0 Å². The molecular formula is C10H19N3O3. The molecule has 0 saturated carbocycles. The van der Waals surface area contributed by atoms with Crippen molar-refractivity contribution in [2.75, 3.05) is 26.2 Å². The van der Waals surface area contributed by atoms with Crippen LogP contribution in [-0.2, 0) is 9.53 Å². The largest absolute Gasteiger partial charge is 0.448 e. The number of ether oxygens (including phenoxy) is 1. The second-order valence-electron chi connectivity index (χ2n) is 3.75. The predicted octanol–water partition coefficient (Wildman–Crippen LogP) is -0.318. The highest BCUT2D eigenvalue weighted by Gasteiger charge is 2.27. The fraction of sp³-hybridized carbons (Fsp3) is 0.800. The second-order valence-corrected chi connectivity index (χ2v) is 3.75. The van der Waals surface area contributed by atoms with Gasteiger partial charge in [-0.05, 0) is 19.4 Å². The number of likely N-dealkylation sites (N-methyl/N-ethyl adjacent to an activating group) is 1. The van der Waals surface area contributed by atoms with E-state index in [1.807, 2.05) is 6.92 Å². The molecule has 0 bridgehead atoms. The lowest BCUT2D eigenvalue weighted by Crippen LogP contribution is -2.51. The van der Waals surface area contributed by atoms with E-state index in [1.165, 1.54) is 0 Å². The lowest BCUT2D eigenvalue weighted by atomic mass is 10.0. The molecule has 1 unspecified atom stereocenters. The van der Waals surface area contributed by atoms with Crippen LogP contribution in [0.1, 0.15) is 19.8 Å². The number of likely N-dealkylation sites (tertiary alicyclic amines) is 1. The maximum absolute atomic E-state index is 11.9. The molecule has 0 aromatic heterocycles. The molecule has 2 amide bonds. The molecule has 1 rings (SSSR count). The Labute approximate surface area is 95.1 Å². The van der Waals surface area contributed by atoms with E-state index in [4.69, 9.17) is 5.73 Å². The molecule has 1 heterocycles. The Morgan fingerprint density at radius 3 is 3.06 bits per heavy atom.